The van der Waals surface area contributed by atoms with Crippen molar-refractivity contribution in [2.24, 2.45) is 11.1 Å². The van der Waals surface area contributed by atoms with E-state index in [0.29, 0.717) is 38.2 Å². The van der Waals surface area contributed by atoms with E-state index in [0.717, 1.165) is 12.0 Å². The number of primary sulfonamides is 1. The first kappa shape index (κ1) is 17.6. The molecule has 1 aromatic carbocycles. The highest BCUT2D eigenvalue weighted by molar-refractivity contribution is 7.89. The van der Waals surface area contributed by atoms with Crippen LogP contribution >= 0.6 is 0 Å². The fraction of sp³-hybridized carbons (Fsp3) is 0.412. The number of carbonyl (C=O) groups is 2. The number of rotatable bonds is 3. The largest absolute Gasteiger partial charge is 0.338 e. The maximum atomic E-state index is 13.0. The Morgan fingerprint density at radius 3 is 2.72 bits per heavy atom. The number of carbonyl (C=O) groups excluding carboxylic acids is 2. The molecule has 0 aliphatic carbocycles. The van der Waals surface area contributed by atoms with Gasteiger partial charge < -0.3 is 9.80 Å². The van der Waals surface area contributed by atoms with Crippen LogP contribution in [0.2, 0.25) is 0 Å². The van der Waals surface area contributed by atoms with Crippen molar-refractivity contribution in [3.63, 3.8) is 0 Å². The van der Waals surface area contributed by atoms with Crippen LogP contribution in [0.25, 0.3) is 0 Å². The number of nitrogens with zero attached hydrogens (tertiary/aromatic N) is 2. The molecule has 2 aliphatic rings. The molecule has 0 aromatic heterocycles. The number of hydrogen-bond donors (Lipinski definition) is 1. The van der Waals surface area contributed by atoms with Crippen molar-refractivity contribution in [1.29, 1.82) is 0 Å². The Kier molecular flexibility index (Phi) is 4.66. The predicted octanol–water partition coefficient (Wildman–Crippen LogP) is 0.648. The molecule has 1 atom stereocenters. The molecule has 0 bridgehead atoms. The standard InChI is InChI=1S/C17H21N3O4S/c1-2-16(21)19-8-3-4-13(11-19)17(22)20-9-7-12-5-6-14(10-15(12)20)25(18,23)24/h2,5-6,10,13H,1,3-4,7-9,11H2,(H2,18,23,24). The van der Waals surface area contributed by atoms with Crippen molar-refractivity contribution in [2.75, 3.05) is 24.5 Å². The summed E-state index contributed by atoms with van der Waals surface area (Å²) in [6.07, 6.45) is 3.40. The SMILES string of the molecule is C=CC(=O)N1CCCC(C(=O)N2CCc3ccc(S(N)(=O)=O)cc32)C1. The molecule has 3 rings (SSSR count). The Labute approximate surface area is 147 Å². The first-order chi connectivity index (χ1) is 11.8. The number of amides is 2. The summed E-state index contributed by atoms with van der Waals surface area (Å²) in [5, 5.41) is 5.20. The van der Waals surface area contributed by atoms with Gasteiger partial charge in [0.15, 0.2) is 0 Å². The van der Waals surface area contributed by atoms with E-state index in [-0.39, 0.29) is 22.6 Å². The zero-order valence-electron chi connectivity index (χ0n) is 13.8. The molecule has 1 fully saturated rings. The Balaban J connectivity index is 1.83. The highest BCUT2D eigenvalue weighted by atomic mass is 32.2. The minimum atomic E-state index is -3.82. The van der Waals surface area contributed by atoms with E-state index in [4.69, 9.17) is 5.14 Å². The van der Waals surface area contributed by atoms with Gasteiger partial charge in [-0.1, -0.05) is 12.6 Å². The third-order valence-electron chi connectivity index (χ3n) is 4.80. The number of anilines is 1. The third kappa shape index (κ3) is 3.45. The second-order valence-electron chi connectivity index (χ2n) is 6.40. The molecule has 0 spiro atoms. The predicted molar refractivity (Wildman–Crippen MR) is 93.4 cm³/mol. The van der Waals surface area contributed by atoms with E-state index in [1.165, 1.54) is 18.2 Å². The summed E-state index contributed by atoms with van der Waals surface area (Å²) >= 11 is 0. The zero-order valence-corrected chi connectivity index (χ0v) is 14.7. The molecule has 0 radical (unpaired) electrons. The molecule has 0 saturated carbocycles. The van der Waals surface area contributed by atoms with Crippen molar-refractivity contribution in [1.82, 2.24) is 4.90 Å². The van der Waals surface area contributed by atoms with Gasteiger partial charge in [0.1, 0.15) is 0 Å². The van der Waals surface area contributed by atoms with Gasteiger partial charge in [-0.25, -0.2) is 13.6 Å². The first-order valence-corrected chi connectivity index (χ1v) is 9.74. The minimum Gasteiger partial charge on any atom is -0.338 e. The molecule has 7 nitrogen and oxygen atoms in total. The fourth-order valence-corrected chi connectivity index (χ4v) is 4.03. The number of likely N-dealkylation sites (tertiary alicyclic amines) is 1. The lowest BCUT2D eigenvalue weighted by Gasteiger charge is -2.33. The van der Waals surface area contributed by atoms with Gasteiger partial charge in [-0.15, -0.1) is 0 Å². The van der Waals surface area contributed by atoms with Gasteiger partial charge in [0.25, 0.3) is 0 Å². The second-order valence-corrected chi connectivity index (χ2v) is 7.96. The van der Waals surface area contributed by atoms with Crippen molar-refractivity contribution < 1.29 is 18.0 Å². The van der Waals surface area contributed by atoms with E-state index in [9.17, 15) is 18.0 Å². The molecule has 1 saturated heterocycles. The number of benzene rings is 1. The summed E-state index contributed by atoms with van der Waals surface area (Å²) in [7, 11) is -3.82. The average molecular weight is 363 g/mol. The van der Waals surface area contributed by atoms with Crippen molar-refractivity contribution in [3.8, 4) is 0 Å². The summed E-state index contributed by atoms with van der Waals surface area (Å²) < 4.78 is 23.2. The van der Waals surface area contributed by atoms with Crippen molar-refractivity contribution in [3.05, 3.63) is 36.4 Å². The monoisotopic (exact) mass is 363 g/mol. The summed E-state index contributed by atoms with van der Waals surface area (Å²) in [4.78, 5) is 28.0. The molecule has 2 heterocycles. The van der Waals surface area contributed by atoms with Crippen LogP contribution in [-0.4, -0.2) is 44.8 Å². The van der Waals surface area contributed by atoms with Gasteiger partial charge in [0.2, 0.25) is 21.8 Å². The molecule has 2 N–H and O–H groups in total. The van der Waals surface area contributed by atoms with E-state index in [1.807, 2.05) is 0 Å². The van der Waals surface area contributed by atoms with Gasteiger partial charge in [0.05, 0.1) is 10.8 Å². The quantitative estimate of drug-likeness (QED) is 0.797. The Hall–Kier alpha value is -2.19. The van der Waals surface area contributed by atoms with Crippen LogP contribution in [0.3, 0.4) is 0 Å². The number of hydrogen-bond acceptors (Lipinski definition) is 4. The normalized spacial score (nSPS) is 20.3. The minimum absolute atomic E-state index is 0.00180. The van der Waals surface area contributed by atoms with Gasteiger partial charge in [-0.3, -0.25) is 9.59 Å². The molecular formula is C17H21N3O4S. The number of fused-ring (bicyclic) bond motifs is 1. The lowest BCUT2D eigenvalue weighted by molar-refractivity contribution is -0.131. The Morgan fingerprint density at radius 1 is 1.28 bits per heavy atom. The molecule has 8 heteroatoms. The second kappa shape index (κ2) is 6.61. The van der Waals surface area contributed by atoms with E-state index < -0.39 is 10.0 Å². The Morgan fingerprint density at radius 2 is 2.04 bits per heavy atom. The van der Waals surface area contributed by atoms with E-state index in [2.05, 4.69) is 6.58 Å². The molecule has 2 aliphatic heterocycles. The van der Waals surface area contributed by atoms with Crippen LogP contribution in [0.5, 0.6) is 0 Å². The summed E-state index contributed by atoms with van der Waals surface area (Å²) in [6.45, 7) is 4.99. The smallest absolute Gasteiger partial charge is 0.245 e. The van der Waals surface area contributed by atoms with E-state index >= 15 is 0 Å². The van der Waals surface area contributed by atoms with Crippen molar-refractivity contribution >= 4 is 27.5 Å². The molecule has 25 heavy (non-hydrogen) atoms. The van der Waals surface area contributed by atoms with Gasteiger partial charge in [-0.2, -0.15) is 0 Å². The average Bonchev–Trinajstić information content (AvgIpc) is 3.03. The van der Waals surface area contributed by atoms with Gasteiger partial charge in [0, 0.05) is 25.3 Å². The van der Waals surface area contributed by atoms with Crippen LogP contribution in [-0.2, 0) is 26.0 Å². The van der Waals surface area contributed by atoms with Gasteiger partial charge >= 0.3 is 0 Å². The highest BCUT2D eigenvalue weighted by Crippen LogP contribution is 2.32. The number of piperidine rings is 1. The fourth-order valence-electron chi connectivity index (χ4n) is 3.49. The van der Waals surface area contributed by atoms with E-state index in [1.54, 1.807) is 15.9 Å². The number of nitrogens with two attached hydrogens (primary N) is 1. The van der Waals surface area contributed by atoms with Crippen LogP contribution < -0.4 is 10.0 Å². The molecule has 1 aromatic rings. The lowest BCUT2D eigenvalue weighted by atomic mass is 9.96. The number of sulfonamides is 1. The van der Waals surface area contributed by atoms with Crippen LogP contribution in [0.15, 0.2) is 35.7 Å². The Bertz CT molecular complexity index is 834. The van der Waals surface area contributed by atoms with Crippen LogP contribution in [0.1, 0.15) is 18.4 Å². The van der Waals surface area contributed by atoms with Crippen LogP contribution in [0.4, 0.5) is 5.69 Å². The molecule has 134 valence electrons. The summed E-state index contributed by atoms with van der Waals surface area (Å²) in [6, 6.07) is 4.63. The maximum absolute atomic E-state index is 13.0. The highest BCUT2D eigenvalue weighted by Gasteiger charge is 2.34. The first-order valence-electron chi connectivity index (χ1n) is 8.19. The van der Waals surface area contributed by atoms with Crippen LogP contribution in [0, 0.1) is 5.92 Å². The topological polar surface area (TPSA) is 101 Å². The molecule has 1 unspecified atom stereocenters. The zero-order chi connectivity index (χ0) is 18.2. The maximum Gasteiger partial charge on any atom is 0.245 e. The van der Waals surface area contributed by atoms with Gasteiger partial charge in [-0.05, 0) is 43.0 Å². The summed E-state index contributed by atoms with van der Waals surface area (Å²) in [5.74, 6) is -0.538. The lowest BCUT2D eigenvalue weighted by Crippen LogP contribution is -2.46. The third-order valence-corrected chi connectivity index (χ3v) is 5.71. The molecular weight excluding hydrogens is 342 g/mol. The molecule has 2 amide bonds. The van der Waals surface area contributed by atoms with Crippen molar-refractivity contribution in [2.45, 2.75) is 24.2 Å². The summed E-state index contributed by atoms with van der Waals surface area (Å²) in [5.41, 5.74) is 1.53.